The van der Waals surface area contributed by atoms with Crippen LogP contribution in [0.15, 0.2) is 6.20 Å². The second-order valence-electron chi connectivity index (χ2n) is 5.13. The van der Waals surface area contributed by atoms with E-state index in [0.29, 0.717) is 11.3 Å². The Morgan fingerprint density at radius 2 is 2.12 bits per heavy atom. The Hall–Kier alpha value is -0.830. The number of nitrogens with one attached hydrogen (secondary N) is 1. The molecule has 1 aromatic heterocycles. The third-order valence-corrected chi connectivity index (χ3v) is 3.72. The van der Waals surface area contributed by atoms with Crippen LogP contribution in [0.2, 0.25) is 5.28 Å². The summed E-state index contributed by atoms with van der Waals surface area (Å²) in [5.41, 5.74) is 1.06. The molecular weight excluding hydrogens is 234 g/mol. The van der Waals surface area contributed by atoms with Crippen LogP contribution in [-0.2, 0) is 0 Å². The number of hydrogen-bond acceptors (Lipinski definition) is 3. The van der Waals surface area contributed by atoms with Crippen LogP contribution in [0, 0.1) is 12.8 Å². The Balaban J connectivity index is 2.02. The second-order valence-corrected chi connectivity index (χ2v) is 5.46. The molecule has 1 fully saturated rings. The zero-order chi connectivity index (χ0) is 12.3. The van der Waals surface area contributed by atoms with Crippen LogP contribution in [0.5, 0.6) is 0 Å². The van der Waals surface area contributed by atoms with E-state index in [4.69, 9.17) is 11.6 Å². The van der Waals surface area contributed by atoms with Crippen LogP contribution in [-0.4, -0.2) is 16.0 Å². The first-order chi connectivity index (χ1) is 8.15. The van der Waals surface area contributed by atoms with E-state index in [1.165, 1.54) is 32.1 Å². The van der Waals surface area contributed by atoms with Crippen LogP contribution < -0.4 is 5.32 Å². The predicted octanol–water partition coefficient (Wildman–Crippen LogP) is 3.82. The maximum atomic E-state index is 5.83. The Morgan fingerprint density at radius 1 is 1.29 bits per heavy atom. The molecule has 0 spiro atoms. The summed E-state index contributed by atoms with van der Waals surface area (Å²) >= 11 is 5.83. The van der Waals surface area contributed by atoms with Gasteiger partial charge in [0.05, 0.1) is 0 Å². The molecule has 94 valence electrons. The summed E-state index contributed by atoms with van der Waals surface area (Å²) in [7, 11) is 0. The number of aromatic nitrogens is 2. The lowest BCUT2D eigenvalue weighted by molar-refractivity contribution is 0.502. The van der Waals surface area contributed by atoms with Gasteiger partial charge >= 0.3 is 0 Å². The number of hydrogen-bond donors (Lipinski definition) is 1. The summed E-state index contributed by atoms with van der Waals surface area (Å²) < 4.78 is 0. The number of halogens is 1. The van der Waals surface area contributed by atoms with Crippen molar-refractivity contribution in [3.05, 3.63) is 17.0 Å². The number of anilines is 1. The smallest absolute Gasteiger partial charge is 0.224 e. The van der Waals surface area contributed by atoms with Crippen LogP contribution in [0.4, 0.5) is 5.82 Å². The van der Waals surface area contributed by atoms with Crippen LogP contribution >= 0.6 is 11.6 Å². The molecular formula is C13H20ClN3. The van der Waals surface area contributed by atoms with Gasteiger partial charge in [0, 0.05) is 17.8 Å². The fourth-order valence-electron chi connectivity index (χ4n) is 2.39. The maximum Gasteiger partial charge on any atom is 0.224 e. The molecule has 0 aromatic carbocycles. The van der Waals surface area contributed by atoms with Crippen LogP contribution in [0.1, 0.15) is 44.6 Å². The summed E-state index contributed by atoms with van der Waals surface area (Å²) in [6, 6.07) is 0.532. The minimum absolute atomic E-state index is 0.320. The first-order valence-corrected chi connectivity index (χ1v) is 6.78. The van der Waals surface area contributed by atoms with Crippen molar-refractivity contribution in [3.8, 4) is 0 Å². The van der Waals surface area contributed by atoms with E-state index < -0.39 is 0 Å². The van der Waals surface area contributed by atoms with Crippen molar-refractivity contribution in [3.63, 3.8) is 0 Å². The molecule has 0 amide bonds. The monoisotopic (exact) mass is 253 g/mol. The van der Waals surface area contributed by atoms with Gasteiger partial charge in [0.2, 0.25) is 5.28 Å². The van der Waals surface area contributed by atoms with Gasteiger partial charge in [-0.3, -0.25) is 0 Å². The highest BCUT2D eigenvalue weighted by molar-refractivity contribution is 6.28. The van der Waals surface area contributed by atoms with Gasteiger partial charge in [-0.25, -0.2) is 9.97 Å². The molecule has 3 nitrogen and oxygen atoms in total. The molecule has 0 bridgehead atoms. The molecule has 1 saturated carbocycles. The Morgan fingerprint density at radius 3 is 2.94 bits per heavy atom. The molecule has 1 aliphatic carbocycles. The maximum absolute atomic E-state index is 5.83. The summed E-state index contributed by atoms with van der Waals surface area (Å²) in [6.45, 7) is 4.35. The molecule has 1 aliphatic rings. The van der Waals surface area contributed by atoms with Gasteiger partial charge in [-0.15, -0.1) is 0 Å². The van der Waals surface area contributed by atoms with Crippen molar-refractivity contribution >= 4 is 17.4 Å². The quantitative estimate of drug-likeness (QED) is 0.643. The van der Waals surface area contributed by atoms with Gasteiger partial charge in [-0.05, 0) is 43.7 Å². The van der Waals surface area contributed by atoms with Crippen molar-refractivity contribution in [2.45, 2.75) is 52.0 Å². The third-order valence-electron chi connectivity index (χ3n) is 3.54. The molecule has 0 radical (unpaired) electrons. The zero-order valence-corrected chi connectivity index (χ0v) is 11.3. The number of nitrogens with zero attached hydrogens (tertiary/aromatic N) is 2. The van der Waals surface area contributed by atoms with Crippen molar-refractivity contribution < 1.29 is 0 Å². The number of rotatable bonds is 2. The fraction of sp³-hybridized carbons (Fsp3) is 0.692. The summed E-state index contributed by atoms with van der Waals surface area (Å²) in [5, 5.41) is 3.83. The highest BCUT2D eigenvalue weighted by Gasteiger charge is 2.17. The molecule has 2 atom stereocenters. The Kier molecular flexibility index (Phi) is 4.21. The molecule has 4 heteroatoms. The van der Waals surface area contributed by atoms with Gasteiger partial charge in [0.1, 0.15) is 5.82 Å². The molecule has 2 unspecified atom stereocenters. The summed E-state index contributed by atoms with van der Waals surface area (Å²) in [5.74, 6) is 1.75. The Bertz CT molecular complexity index is 381. The highest BCUT2D eigenvalue weighted by atomic mass is 35.5. The third kappa shape index (κ3) is 3.56. The fourth-order valence-corrected chi connectivity index (χ4v) is 2.52. The average molecular weight is 254 g/mol. The Labute approximate surface area is 108 Å². The lowest BCUT2D eigenvalue weighted by Crippen LogP contribution is -2.20. The molecule has 1 N–H and O–H groups in total. The minimum atomic E-state index is 0.320. The van der Waals surface area contributed by atoms with Gasteiger partial charge in [-0.2, -0.15) is 0 Å². The van der Waals surface area contributed by atoms with Crippen LogP contribution in [0.25, 0.3) is 0 Å². The lowest BCUT2D eigenvalue weighted by Gasteiger charge is -2.18. The first kappa shape index (κ1) is 12.6. The topological polar surface area (TPSA) is 37.8 Å². The summed E-state index contributed by atoms with van der Waals surface area (Å²) in [6.07, 6.45) is 8.18. The average Bonchev–Trinajstić information content (AvgIpc) is 2.49. The molecule has 1 heterocycles. The SMILES string of the molecule is Cc1cnc(Cl)nc1NC1CCCC(C)CC1. The van der Waals surface area contributed by atoms with Gasteiger partial charge in [-0.1, -0.05) is 19.8 Å². The van der Waals surface area contributed by atoms with E-state index in [2.05, 4.69) is 22.2 Å². The largest absolute Gasteiger partial charge is 0.367 e. The van der Waals surface area contributed by atoms with Gasteiger partial charge < -0.3 is 5.32 Å². The standard InChI is InChI=1S/C13H20ClN3/c1-9-4-3-5-11(7-6-9)16-12-10(2)8-15-13(14)17-12/h8-9,11H,3-7H2,1-2H3,(H,15,16,17). The number of aryl methyl sites for hydroxylation is 1. The van der Waals surface area contributed by atoms with E-state index in [0.717, 1.165) is 17.3 Å². The lowest BCUT2D eigenvalue weighted by atomic mass is 10.0. The minimum Gasteiger partial charge on any atom is -0.367 e. The van der Waals surface area contributed by atoms with Crippen molar-refractivity contribution in [2.24, 2.45) is 5.92 Å². The zero-order valence-electron chi connectivity index (χ0n) is 10.5. The molecule has 0 saturated heterocycles. The van der Waals surface area contributed by atoms with Gasteiger partial charge in [0.15, 0.2) is 0 Å². The van der Waals surface area contributed by atoms with Crippen molar-refractivity contribution in [2.75, 3.05) is 5.32 Å². The molecule has 1 aromatic rings. The molecule has 0 aliphatic heterocycles. The van der Waals surface area contributed by atoms with E-state index in [9.17, 15) is 0 Å². The highest BCUT2D eigenvalue weighted by Crippen LogP contribution is 2.25. The van der Waals surface area contributed by atoms with Crippen molar-refractivity contribution in [1.82, 2.24) is 9.97 Å². The van der Waals surface area contributed by atoms with Crippen LogP contribution in [0.3, 0.4) is 0 Å². The van der Waals surface area contributed by atoms with Crippen molar-refractivity contribution in [1.29, 1.82) is 0 Å². The first-order valence-electron chi connectivity index (χ1n) is 6.41. The predicted molar refractivity (Wildman–Crippen MR) is 71.4 cm³/mol. The molecule has 17 heavy (non-hydrogen) atoms. The van der Waals surface area contributed by atoms with E-state index >= 15 is 0 Å². The molecule has 2 rings (SSSR count). The normalized spacial score (nSPS) is 25.4. The van der Waals surface area contributed by atoms with E-state index in [1.54, 1.807) is 6.20 Å². The summed E-state index contributed by atoms with van der Waals surface area (Å²) in [4.78, 5) is 8.24. The van der Waals surface area contributed by atoms with E-state index in [-0.39, 0.29) is 0 Å². The van der Waals surface area contributed by atoms with Gasteiger partial charge in [0.25, 0.3) is 0 Å². The van der Waals surface area contributed by atoms with E-state index in [1.807, 2.05) is 6.92 Å². The second kappa shape index (κ2) is 5.67.